The molecular weight excluding hydrogens is 1370 g/mol. The van der Waals surface area contributed by atoms with Gasteiger partial charge in [0.1, 0.15) is 65.9 Å². The van der Waals surface area contributed by atoms with Crippen molar-refractivity contribution in [2.45, 2.75) is 78.0 Å². The van der Waals surface area contributed by atoms with E-state index in [4.69, 9.17) is 46.4 Å². The van der Waals surface area contributed by atoms with Gasteiger partial charge < -0.3 is 46.1 Å². The third kappa shape index (κ3) is 18.3. The van der Waals surface area contributed by atoms with E-state index in [0.717, 1.165) is 70.2 Å². The summed E-state index contributed by atoms with van der Waals surface area (Å²) in [6.07, 6.45) is 13.6. The van der Waals surface area contributed by atoms with Crippen LogP contribution in [0.1, 0.15) is 102 Å². The van der Waals surface area contributed by atoms with Crippen LogP contribution in [-0.2, 0) is 23.1 Å². The van der Waals surface area contributed by atoms with Gasteiger partial charge in [-0.1, -0.05) is 83.2 Å². The Labute approximate surface area is 582 Å². The summed E-state index contributed by atoms with van der Waals surface area (Å²) in [6.45, 7) is 10.5. The number of hydrogen-bond donors (Lipinski definition) is 9. The van der Waals surface area contributed by atoms with Gasteiger partial charge in [-0.15, -0.1) is 0 Å². The maximum atomic E-state index is 14.2. The molecule has 0 saturated carbocycles. The van der Waals surface area contributed by atoms with Gasteiger partial charge in [-0.05, 0) is 165 Å². The van der Waals surface area contributed by atoms with Crippen molar-refractivity contribution in [3.8, 4) is 50.3 Å². The van der Waals surface area contributed by atoms with Crippen molar-refractivity contribution in [3.05, 3.63) is 253 Å². The first kappa shape index (κ1) is 72.6. The first-order valence-corrected chi connectivity index (χ1v) is 33.4. The van der Waals surface area contributed by atoms with Crippen LogP contribution in [0.25, 0.3) is 44.5 Å². The number of aliphatic hydroxyl groups excluding tert-OH is 1. The summed E-state index contributed by atoms with van der Waals surface area (Å²) >= 11 is 23.6. The van der Waals surface area contributed by atoms with Crippen LogP contribution in [0.4, 0.5) is 13.2 Å². The molecule has 1 atom stereocenters. The maximum Gasteiger partial charge on any atom is 0.268 e. The highest BCUT2D eigenvalue weighted by molar-refractivity contribution is 7.89. The number of benzene rings is 2. The van der Waals surface area contributed by atoms with Crippen molar-refractivity contribution in [1.82, 2.24) is 65.1 Å². The minimum absolute atomic E-state index is 0.0159. The predicted octanol–water partition coefficient (Wildman–Crippen LogP) is 14.5. The normalized spacial score (nSPS) is 12.4. The van der Waals surface area contributed by atoms with Crippen molar-refractivity contribution >= 4 is 74.1 Å². The fourth-order valence-corrected chi connectivity index (χ4v) is 13.0. The molecule has 0 spiro atoms. The Morgan fingerprint density at radius 2 is 1.14 bits per heavy atom. The summed E-state index contributed by atoms with van der Waals surface area (Å²) in [4.78, 5) is 69.0. The minimum Gasteiger partial charge on any atom is -0.506 e. The first-order chi connectivity index (χ1) is 46.9. The number of nitrogens with zero attached hydrogens (tertiary/aromatic N) is 6. The van der Waals surface area contributed by atoms with Crippen LogP contribution in [-0.4, -0.2) is 105 Å². The standard InChI is InChI=1S/C20H18ClF2N3O2.C19H17ClFN3O2.C17H15ClN4O.C14H16ClN3O2S/c1-10-18(14-7-17(21)24-8-15(14)23)11(2)25-19(10)20(28)26-16(9-27)12-3-5-13(22)6-4-12;1-10-17(14-7-16(20)22-9-15(14)25)11(2)24-18(10)19(26)23-8-12-3-5-13(21)6-4-12;1-11-14(13-4-6-20-16(18)7-13)8-15(22-11)17(23)21-10-12-3-2-5-19-9-12;15-13-8-11(4-5-16-13)12-9-14(17-10-12)21(19,20)18-6-2-1-3-7-18/h3-8,16,25,27H,9H2,1-2H3,(H,26,28);3-7,9,24-25H,8H2,1-2H3,(H,23,26);2-9,22H,10H2,1H3,(H,21,23);4-5,8-10,17H,1-3,6-7H2. The van der Waals surface area contributed by atoms with E-state index in [1.54, 1.807) is 98.5 Å². The van der Waals surface area contributed by atoms with E-state index in [1.165, 1.54) is 48.7 Å². The summed E-state index contributed by atoms with van der Waals surface area (Å²) in [7, 11) is -3.43. The van der Waals surface area contributed by atoms with Gasteiger partial charge in [0.2, 0.25) is 0 Å². The lowest BCUT2D eigenvalue weighted by Gasteiger charge is -2.25. The van der Waals surface area contributed by atoms with Crippen LogP contribution in [0.3, 0.4) is 0 Å². The number of H-pyrrole nitrogens is 4. The molecule has 11 aromatic rings. The fourth-order valence-electron chi connectivity index (χ4n) is 10.9. The fraction of sp³-hybridized carbons (Fsp3) is 0.200. The number of pyridine rings is 5. The molecule has 0 aliphatic carbocycles. The van der Waals surface area contributed by atoms with Crippen LogP contribution in [0.15, 0.2) is 158 Å². The topological polar surface area (TPSA) is 293 Å². The Balaban J connectivity index is 0.000000154. The number of aromatic hydroxyl groups is 1. The van der Waals surface area contributed by atoms with E-state index < -0.39 is 33.6 Å². The van der Waals surface area contributed by atoms with Crippen molar-refractivity contribution in [2.75, 3.05) is 19.7 Å². The van der Waals surface area contributed by atoms with Gasteiger partial charge in [0.15, 0.2) is 0 Å². The van der Waals surface area contributed by atoms with Gasteiger partial charge in [0.05, 0.1) is 25.0 Å². The molecule has 1 fully saturated rings. The van der Waals surface area contributed by atoms with Gasteiger partial charge in [-0.2, -0.15) is 4.31 Å². The second kappa shape index (κ2) is 33.1. The highest BCUT2D eigenvalue weighted by Gasteiger charge is 2.28. The molecule has 10 heterocycles. The quantitative estimate of drug-likeness (QED) is 0.0408. The number of piperidine rings is 1. The Morgan fingerprint density at radius 1 is 0.582 bits per heavy atom. The Kier molecular flexibility index (Phi) is 24.5. The van der Waals surface area contributed by atoms with E-state index in [0.29, 0.717) is 80.4 Å². The molecule has 1 aliphatic heterocycles. The van der Waals surface area contributed by atoms with E-state index in [2.05, 4.69) is 60.8 Å². The largest absolute Gasteiger partial charge is 0.506 e. The second-order valence-electron chi connectivity index (χ2n) is 22.5. The number of amides is 3. The van der Waals surface area contributed by atoms with Gasteiger partial charge in [0.25, 0.3) is 27.7 Å². The summed E-state index contributed by atoms with van der Waals surface area (Å²) < 4.78 is 67.0. The number of halogens is 7. The SMILES string of the molecule is Cc1[nH]c(C(=O)NC(CO)c2ccc(F)cc2)c(C)c1-c1cc(Cl)ncc1F.Cc1[nH]c(C(=O)NCc2ccc(F)cc2)c(C)c1-c1cc(Cl)ncc1O.Cc1[nH]c(C(=O)NCc2cccnc2)cc1-c1ccnc(Cl)c1.O=S(=O)(c1cc(-c2ccnc(Cl)c2)c[nH]1)N1CCCCC1. The number of carbonyl (C=O) groups excluding carboxylic acids is 3. The lowest BCUT2D eigenvalue weighted by Crippen LogP contribution is -2.35. The molecule has 2 aromatic carbocycles. The summed E-state index contributed by atoms with van der Waals surface area (Å²) in [5, 5.41) is 29.5. The molecule has 1 saturated heterocycles. The zero-order chi connectivity index (χ0) is 70.4. The van der Waals surface area contributed by atoms with Crippen LogP contribution < -0.4 is 16.0 Å². The van der Waals surface area contributed by atoms with E-state index >= 15 is 0 Å². The molecule has 0 radical (unpaired) electrons. The summed E-state index contributed by atoms with van der Waals surface area (Å²) in [6, 6.07) is 28.0. The number of aliphatic hydroxyl groups is 1. The number of aryl methyl sites for hydroxylation is 3. The number of sulfonamides is 1. The van der Waals surface area contributed by atoms with E-state index in [-0.39, 0.29) is 63.1 Å². The third-order valence-corrected chi connectivity index (χ3v) is 18.5. The number of hydrogen-bond acceptors (Lipinski definition) is 12. The molecule has 20 nitrogen and oxygen atoms in total. The molecule has 3 amide bonds. The number of rotatable bonds is 16. The van der Waals surface area contributed by atoms with E-state index in [1.807, 2.05) is 38.1 Å². The number of carbonyl (C=O) groups is 3. The van der Waals surface area contributed by atoms with Crippen molar-refractivity contribution in [1.29, 1.82) is 0 Å². The van der Waals surface area contributed by atoms with Crippen LogP contribution in [0, 0.1) is 52.1 Å². The van der Waals surface area contributed by atoms with Crippen molar-refractivity contribution in [2.24, 2.45) is 0 Å². The molecule has 508 valence electrons. The van der Waals surface area contributed by atoms with Crippen molar-refractivity contribution < 1.29 is 46.2 Å². The monoisotopic (exact) mass is 1430 g/mol. The summed E-state index contributed by atoms with van der Waals surface area (Å²) in [5.41, 5.74) is 12.3. The van der Waals surface area contributed by atoms with Gasteiger partial charge >= 0.3 is 0 Å². The van der Waals surface area contributed by atoms with E-state index in [9.17, 15) is 46.2 Å². The molecule has 9 aromatic heterocycles. The average molecular weight is 1430 g/mol. The number of nitrogens with one attached hydrogen (secondary N) is 7. The highest BCUT2D eigenvalue weighted by atomic mass is 35.5. The molecule has 98 heavy (non-hydrogen) atoms. The van der Waals surface area contributed by atoms with Crippen molar-refractivity contribution in [3.63, 3.8) is 0 Å². The Morgan fingerprint density at radius 3 is 1.77 bits per heavy atom. The second-order valence-corrected chi connectivity index (χ2v) is 26.0. The summed E-state index contributed by atoms with van der Waals surface area (Å²) in [5.74, 6) is -2.24. The van der Waals surface area contributed by atoms with Crippen LogP contribution in [0.5, 0.6) is 5.75 Å². The smallest absolute Gasteiger partial charge is 0.268 e. The van der Waals surface area contributed by atoms with Gasteiger partial charge in [-0.3, -0.25) is 19.4 Å². The number of aromatic amines is 4. The molecule has 0 bridgehead atoms. The zero-order valence-corrected chi connectivity index (χ0v) is 57.2. The molecule has 1 aliphatic rings. The lowest BCUT2D eigenvalue weighted by molar-refractivity contribution is 0.0908. The number of aromatic nitrogens is 9. The molecule has 1 unspecified atom stereocenters. The third-order valence-electron chi connectivity index (χ3n) is 15.8. The molecule has 9 N–H and O–H groups in total. The van der Waals surface area contributed by atoms with Gasteiger partial charge in [-0.25, -0.2) is 41.5 Å². The van der Waals surface area contributed by atoms with Crippen LogP contribution >= 0.6 is 46.4 Å². The molecule has 28 heteroatoms. The maximum absolute atomic E-state index is 14.2. The average Bonchev–Trinajstić information content (AvgIpc) is 1.64. The molecule has 12 rings (SSSR count). The predicted molar refractivity (Wildman–Crippen MR) is 371 cm³/mol. The first-order valence-electron chi connectivity index (χ1n) is 30.4. The Hall–Kier alpha value is -9.66. The molecular formula is C70H66Cl4F3N13O7S. The minimum atomic E-state index is -3.43. The zero-order valence-electron chi connectivity index (χ0n) is 53.3. The van der Waals surface area contributed by atoms with Gasteiger partial charge in [0, 0.05) is 108 Å². The lowest BCUT2D eigenvalue weighted by atomic mass is 10.0. The van der Waals surface area contributed by atoms with Crippen LogP contribution in [0.2, 0.25) is 20.6 Å². The highest BCUT2D eigenvalue weighted by Crippen LogP contribution is 2.37. The Bertz CT molecular complexity index is 4740.